The lowest BCUT2D eigenvalue weighted by Crippen LogP contribution is -2.34. The number of furan rings is 1. The van der Waals surface area contributed by atoms with Gasteiger partial charge in [-0.05, 0) is 52.6 Å². The van der Waals surface area contributed by atoms with Crippen molar-refractivity contribution in [2.24, 2.45) is 5.92 Å². The molecule has 0 bridgehead atoms. The van der Waals surface area contributed by atoms with E-state index in [9.17, 15) is 0 Å². The van der Waals surface area contributed by atoms with Crippen molar-refractivity contribution in [1.82, 2.24) is 10.2 Å². The van der Waals surface area contributed by atoms with E-state index < -0.39 is 0 Å². The minimum Gasteiger partial charge on any atom is -0.468 e. The third-order valence-corrected chi connectivity index (χ3v) is 3.62. The van der Waals surface area contributed by atoms with Crippen LogP contribution in [-0.4, -0.2) is 37.2 Å². The summed E-state index contributed by atoms with van der Waals surface area (Å²) < 4.78 is 11.3. The highest BCUT2D eigenvalue weighted by atomic mass is 16.5. The van der Waals surface area contributed by atoms with Crippen molar-refractivity contribution < 1.29 is 9.15 Å². The van der Waals surface area contributed by atoms with E-state index in [2.05, 4.69) is 44.1 Å². The molecule has 1 aliphatic carbocycles. The number of nitrogens with zero attached hydrogens (tertiary/aromatic N) is 1. The first-order chi connectivity index (χ1) is 9.92. The first-order valence-corrected chi connectivity index (χ1v) is 8.00. The van der Waals surface area contributed by atoms with Crippen molar-refractivity contribution >= 4 is 0 Å². The Morgan fingerprint density at radius 3 is 2.81 bits per heavy atom. The van der Waals surface area contributed by atoms with Gasteiger partial charge in [-0.15, -0.1) is 0 Å². The van der Waals surface area contributed by atoms with Crippen LogP contribution in [0.1, 0.15) is 44.9 Å². The molecule has 0 aliphatic heterocycles. The molecule has 4 nitrogen and oxygen atoms in total. The maximum atomic E-state index is 5.66. The standard InChI is InChI=1S/C17H30N2O2/c1-17(2,3)18-10-15-9-16(21-13-15)11-19(4)7-8-20-12-14-5-6-14/h9,13-14,18H,5-8,10-12H2,1-4H3. The van der Waals surface area contributed by atoms with Gasteiger partial charge in [0.1, 0.15) is 5.76 Å². The number of hydrogen-bond donors (Lipinski definition) is 1. The van der Waals surface area contributed by atoms with Gasteiger partial charge in [0, 0.05) is 30.8 Å². The van der Waals surface area contributed by atoms with Crippen LogP contribution in [0.15, 0.2) is 16.7 Å². The number of rotatable bonds is 9. The highest BCUT2D eigenvalue weighted by Crippen LogP contribution is 2.28. The fourth-order valence-electron chi connectivity index (χ4n) is 2.07. The maximum absolute atomic E-state index is 5.66. The zero-order valence-corrected chi connectivity index (χ0v) is 13.9. The van der Waals surface area contributed by atoms with Crippen LogP contribution >= 0.6 is 0 Å². The third kappa shape index (κ3) is 7.11. The van der Waals surface area contributed by atoms with Crippen LogP contribution in [-0.2, 0) is 17.8 Å². The number of hydrogen-bond acceptors (Lipinski definition) is 4. The lowest BCUT2D eigenvalue weighted by Gasteiger charge is -2.19. The van der Waals surface area contributed by atoms with Crippen LogP contribution in [0.2, 0.25) is 0 Å². The number of likely N-dealkylation sites (N-methyl/N-ethyl adjacent to an activating group) is 1. The summed E-state index contributed by atoms with van der Waals surface area (Å²) in [5.41, 5.74) is 1.34. The third-order valence-electron chi connectivity index (χ3n) is 3.62. The van der Waals surface area contributed by atoms with Crippen molar-refractivity contribution in [2.75, 3.05) is 26.8 Å². The molecule has 0 unspecified atom stereocenters. The molecule has 1 N–H and O–H groups in total. The molecule has 1 fully saturated rings. The van der Waals surface area contributed by atoms with Crippen molar-refractivity contribution in [2.45, 2.75) is 52.2 Å². The average Bonchev–Trinajstić information content (AvgIpc) is 3.11. The molecule has 120 valence electrons. The van der Waals surface area contributed by atoms with Crippen LogP contribution in [0, 0.1) is 5.92 Å². The summed E-state index contributed by atoms with van der Waals surface area (Å²) in [6.07, 6.45) is 4.56. The van der Waals surface area contributed by atoms with E-state index in [0.717, 1.165) is 44.5 Å². The van der Waals surface area contributed by atoms with E-state index in [4.69, 9.17) is 9.15 Å². The molecule has 0 radical (unpaired) electrons. The summed E-state index contributed by atoms with van der Waals surface area (Å²) in [7, 11) is 2.11. The van der Waals surface area contributed by atoms with Gasteiger partial charge in [-0.1, -0.05) is 0 Å². The first-order valence-electron chi connectivity index (χ1n) is 8.00. The zero-order chi connectivity index (χ0) is 15.3. The van der Waals surface area contributed by atoms with Crippen molar-refractivity contribution in [3.63, 3.8) is 0 Å². The Morgan fingerprint density at radius 2 is 2.14 bits per heavy atom. The Morgan fingerprint density at radius 1 is 1.38 bits per heavy atom. The molecule has 1 aromatic rings. The minimum atomic E-state index is 0.132. The summed E-state index contributed by atoms with van der Waals surface area (Å²) in [5.74, 6) is 1.86. The molecular weight excluding hydrogens is 264 g/mol. The number of nitrogens with one attached hydrogen (secondary N) is 1. The molecule has 0 atom stereocenters. The monoisotopic (exact) mass is 294 g/mol. The van der Waals surface area contributed by atoms with Gasteiger partial charge in [-0.3, -0.25) is 4.90 Å². The largest absolute Gasteiger partial charge is 0.468 e. The van der Waals surface area contributed by atoms with Gasteiger partial charge >= 0.3 is 0 Å². The van der Waals surface area contributed by atoms with Gasteiger partial charge in [-0.2, -0.15) is 0 Å². The van der Waals surface area contributed by atoms with Crippen LogP contribution in [0.3, 0.4) is 0 Å². The molecule has 0 spiro atoms. The van der Waals surface area contributed by atoms with Crippen LogP contribution in [0.5, 0.6) is 0 Å². The van der Waals surface area contributed by atoms with Crippen molar-refractivity contribution in [3.8, 4) is 0 Å². The molecule has 0 aromatic carbocycles. The molecule has 1 aromatic heterocycles. The smallest absolute Gasteiger partial charge is 0.118 e. The molecule has 2 rings (SSSR count). The maximum Gasteiger partial charge on any atom is 0.118 e. The average molecular weight is 294 g/mol. The normalized spacial score (nSPS) is 15.9. The van der Waals surface area contributed by atoms with Crippen molar-refractivity contribution in [3.05, 3.63) is 23.7 Å². The van der Waals surface area contributed by atoms with E-state index in [1.807, 2.05) is 6.26 Å². The van der Waals surface area contributed by atoms with Crippen LogP contribution < -0.4 is 5.32 Å². The Bertz CT molecular complexity index is 419. The lowest BCUT2D eigenvalue weighted by molar-refractivity contribution is 0.1000. The Kier molecular flexibility index (Phi) is 5.85. The summed E-state index contributed by atoms with van der Waals surface area (Å²) in [4.78, 5) is 2.24. The van der Waals surface area contributed by atoms with E-state index >= 15 is 0 Å². The fourth-order valence-corrected chi connectivity index (χ4v) is 2.07. The topological polar surface area (TPSA) is 37.6 Å². The van der Waals surface area contributed by atoms with E-state index in [1.165, 1.54) is 18.4 Å². The number of ether oxygens (including phenoxy) is 1. The van der Waals surface area contributed by atoms with Gasteiger partial charge < -0.3 is 14.5 Å². The zero-order valence-electron chi connectivity index (χ0n) is 13.9. The predicted molar refractivity (Wildman–Crippen MR) is 85.2 cm³/mol. The molecule has 4 heteroatoms. The molecule has 21 heavy (non-hydrogen) atoms. The molecule has 1 aliphatic rings. The summed E-state index contributed by atoms with van der Waals surface area (Å²) >= 11 is 0. The second-order valence-corrected chi connectivity index (χ2v) is 7.28. The molecule has 0 saturated heterocycles. The van der Waals surface area contributed by atoms with Crippen LogP contribution in [0.4, 0.5) is 0 Å². The minimum absolute atomic E-state index is 0.132. The fraction of sp³-hybridized carbons (Fsp3) is 0.765. The summed E-state index contributed by atoms with van der Waals surface area (Å²) in [5, 5.41) is 3.47. The summed E-state index contributed by atoms with van der Waals surface area (Å²) in [6.45, 7) is 10.9. The van der Waals surface area contributed by atoms with E-state index in [-0.39, 0.29) is 5.54 Å². The van der Waals surface area contributed by atoms with Crippen molar-refractivity contribution in [1.29, 1.82) is 0 Å². The Balaban J connectivity index is 1.63. The Labute approximate surface area is 128 Å². The second kappa shape index (κ2) is 7.43. The first kappa shape index (κ1) is 16.5. The van der Waals surface area contributed by atoms with Gasteiger partial charge in [-0.25, -0.2) is 0 Å². The van der Waals surface area contributed by atoms with Gasteiger partial charge in [0.25, 0.3) is 0 Å². The molecule has 0 amide bonds. The molecule has 1 heterocycles. The van der Waals surface area contributed by atoms with Crippen LogP contribution in [0.25, 0.3) is 0 Å². The Hall–Kier alpha value is -0.840. The quantitative estimate of drug-likeness (QED) is 0.710. The van der Waals surface area contributed by atoms with Gasteiger partial charge in [0.05, 0.1) is 19.4 Å². The lowest BCUT2D eigenvalue weighted by atomic mass is 10.1. The summed E-state index contributed by atoms with van der Waals surface area (Å²) in [6, 6.07) is 2.14. The van der Waals surface area contributed by atoms with Gasteiger partial charge in [0.2, 0.25) is 0 Å². The SMILES string of the molecule is CN(CCOCC1CC1)Cc1cc(CNC(C)(C)C)co1. The van der Waals surface area contributed by atoms with Gasteiger partial charge in [0.15, 0.2) is 0 Å². The predicted octanol–water partition coefficient (Wildman–Crippen LogP) is 3.03. The van der Waals surface area contributed by atoms with E-state index in [0.29, 0.717) is 0 Å². The molecule has 1 saturated carbocycles. The second-order valence-electron chi connectivity index (χ2n) is 7.28. The molecular formula is C17H30N2O2. The van der Waals surface area contributed by atoms with E-state index in [1.54, 1.807) is 0 Å². The highest BCUT2D eigenvalue weighted by Gasteiger charge is 2.21. The highest BCUT2D eigenvalue weighted by molar-refractivity contribution is 5.12.